The zero-order valence-corrected chi connectivity index (χ0v) is 23.5. The molecule has 0 radical (unpaired) electrons. The Balaban J connectivity index is 1.63. The van der Waals surface area contributed by atoms with E-state index in [1.807, 2.05) is 6.08 Å². The fourth-order valence-corrected chi connectivity index (χ4v) is 6.79. The molecule has 2 unspecified atom stereocenters. The lowest BCUT2D eigenvalue weighted by molar-refractivity contribution is -0.165. The second-order valence-electron chi connectivity index (χ2n) is 10.0. The number of rotatable bonds is 9. The van der Waals surface area contributed by atoms with Gasteiger partial charge in [-0.05, 0) is 38.3 Å². The molecule has 0 bridgehead atoms. The summed E-state index contributed by atoms with van der Waals surface area (Å²) >= 11 is 0. The van der Waals surface area contributed by atoms with Crippen molar-refractivity contribution in [2.75, 3.05) is 25.4 Å². The number of esters is 1. The van der Waals surface area contributed by atoms with Crippen molar-refractivity contribution in [3.8, 4) is 0 Å². The molecule has 2 saturated heterocycles. The second-order valence-corrected chi connectivity index (χ2v) is 12.1. The quantitative estimate of drug-likeness (QED) is 0.320. The molecule has 0 aromatic heterocycles. The number of benzene rings is 1. The second kappa shape index (κ2) is 12.9. The van der Waals surface area contributed by atoms with Gasteiger partial charge < -0.3 is 25.0 Å². The summed E-state index contributed by atoms with van der Waals surface area (Å²) in [4.78, 5) is 54.0. The van der Waals surface area contributed by atoms with Crippen molar-refractivity contribution in [2.24, 2.45) is 0 Å². The molecule has 4 rings (SSSR count). The monoisotopic (exact) mass is 576 g/mol. The molecule has 1 aromatic rings. The number of nitrogens with zero attached hydrogens (tertiary/aromatic N) is 2. The number of fused-ring (bicyclic) bond motifs is 1. The third-order valence-corrected chi connectivity index (χ3v) is 9.15. The highest BCUT2D eigenvalue weighted by molar-refractivity contribution is 7.89. The number of carbonyl (C=O) groups is 4. The smallest absolute Gasteiger partial charge is 0.310 e. The minimum Gasteiger partial charge on any atom is -0.433 e. The molecule has 0 spiro atoms. The summed E-state index contributed by atoms with van der Waals surface area (Å²) in [5.41, 5.74) is 0.385. The Kier molecular flexibility index (Phi) is 9.59. The Hall–Kier alpha value is -3.29. The number of cyclic esters (lactones) is 1. The van der Waals surface area contributed by atoms with Gasteiger partial charge in [-0.3, -0.25) is 19.2 Å². The van der Waals surface area contributed by atoms with E-state index in [0.717, 1.165) is 0 Å². The zero-order valence-electron chi connectivity index (χ0n) is 22.7. The van der Waals surface area contributed by atoms with Gasteiger partial charge in [0.25, 0.3) is 5.91 Å². The first-order valence-corrected chi connectivity index (χ1v) is 15.2. The van der Waals surface area contributed by atoms with Crippen molar-refractivity contribution in [1.29, 1.82) is 0 Å². The predicted molar refractivity (Wildman–Crippen MR) is 144 cm³/mol. The number of hydrogen-bond donors (Lipinski definition) is 2. The highest BCUT2D eigenvalue weighted by atomic mass is 32.2. The maximum atomic E-state index is 14.0. The van der Waals surface area contributed by atoms with Crippen LogP contribution in [-0.2, 0) is 33.9 Å². The fraction of sp³-hybridized carbons (Fsp3) is 0.556. The van der Waals surface area contributed by atoms with Gasteiger partial charge in [0.1, 0.15) is 18.1 Å². The topological polar surface area (TPSA) is 151 Å². The molecule has 3 heterocycles. The van der Waals surface area contributed by atoms with Crippen LogP contribution in [0, 0.1) is 0 Å². The van der Waals surface area contributed by atoms with E-state index in [1.165, 1.54) is 9.21 Å². The third kappa shape index (κ3) is 6.70. The first kappa shape index (κ1) is 29.7. The van der Waals surface area contributed by atoms with Crippen LogP contribution in [-0.4, -0.2) is 97.2 Å². The molecule has 2 N–H and O–H groups in total. The molecule has 3 aliphatic rings. The van der Waals surface area contributed by atoms with E-state index in [-0.39, 0.29) is 38.3 Å². The van der Waals surface area contributed by atoms with Crippen molar-refractivity contribution in [2.45, 2.75) is 70.0 Å². The average Bonchev–Trinajstić information content (AvgIpc) is 3.27. The van der Waals surface area contributed by atoms with Crippen LogP contribution in [0.25, 0.3) is 0 Å². The van der Waals surface area contributed by atoms with Crippen molar-refractivity contribution >= 4 is 33.7 Å². The molecule has 3 amide bonds. The summed E-state index contributed by atoms with van der Waals surface area (Å²) in [5, 5.41) is 5.54. The first-order valence-electron chi connectivity index (χ1n) is 13.6. The van der Waals surface area contributed by atoms with Crippen LogP contribution in [0.2, 0.25) is 0 Å². The molecule has 218 valence electrons. The van der Waals surface area contributed by atoms with E-state index < -0.39 is 64.2 Å². The maximum Gasteiger partial charge on any atom is 0.310 e. The predicted octanol–water partition coefficient (Wildman–Crippen LogP) is 0.551. The summed E-state index contributed by atoms with van der Waals surface area (Å²) in [6.07, 6.45) is 3.47. The standard InChI is InChI=1S/C27H36N4O8S/c1-3-14-40(36,37)30-16-19-12-8-9-13-20(28-24(33)18-10-6-5-7-11-18)26(35)31(19)22(17-30)25(34)29-21-15-23(32)39-27(21)38-4-2/h5-11,19-22,27H,3-4,12-17H2,1-2H3,(H,28,33)(H,29,34)/t19-,20-,21?,22-,27?/m0/s1. The van der Waals surface area contributed by atoms with Crippen molar-refractivity contribution in [3.63, 3.8) is 0 Å². The minimum atomic E-state index is -3.69. The van der Waals surface area contributed by atoms with Crippen LogP contribution in [0.15, 0.2) is 42.5 Å². The van der Waals surface area contributed by atoms with Crippen molar-refractivity contribution < 1.29 is 37.1 Å². The molecule has 40 heavy (non-hydrogen) atoms. The van der Waals surface area contributed by atoms with Gasteiger partial charge in [0.2, 0.25) is 28.1 Å². The van der Waals surface area contributed by atoms with Gasteiger partial charge in [-0.15, -0.1) is 0 Å². The summed E-state index contributed by atoms with van der Waals surface area (Å²) in [6, 6.07) is 4.89. The number of amides is 3. The van der Waals surface area contributed by atoms with Crippen LogP contribution < -0.4 is 10.6 Å². The van der Waals surface area contributed by atoms with Gasteiger partial charge in [-0.1, -0.05) is 37.3 Å². The zero-order chi connectivity index (χ0) is 28.9. The molecule has 5 atom stereocenters. The summed E-state index contributed by atoms with van der Waals surface area (Å²) in [5.74, 6) is -2.17. The normalized spacial score (nSPS) is 27.4. The molecule has 3 aliphatic heterocycles. The highest BCUT2D eigenvalue weighted by Gasteiger charge is 2.47. The summed E-state index contributed by atoms with van der Waals surface area (Å²) in [6.45, 7) is 3.50. The van der Waals surface area contributed by atoms with E-state index in [4.69, 9.17) is 9.47 Å². The lowest BCUT2D eigenvalue weighted by Crippen LogP contribution is -2.68. The van der Waals surface area contributed by atoms with Gasteiger partial charge in [0, 0.05) is 31.3 Å². The molecule has 0 saturated carbocycles. The Labute approximate surface area is 234 Å². The van der Waals surface area contributed by atoms with E-state index in [9.17, 15) is 27.6 Å². The molecular weight excluding hydrogens is 540 g/mol. The summed E-state index contributed by atoms with van der Waals surface area (Å²) in [7, 11) is -3.69. The van der Waals surface area contributed by atoms with Crippen LogP contribution in [0.1, 0.15) is 49.9 Å². The lowest BCUT2D eigenvalue weighted by atomic mass is 9.97. The molecule has 2 fully saturated rings. The first-order chi connectivity index (χ1) is 19.1. The number of sulfonamides is 1. The Morgan fingerprint density at radius 1 is 1.05 bits per heavy atom. The van der Waals surface area contributed by atoms with Gasteiger partial charge in [-0.2, -0.15) is 4.31 Å². The maximum absolute atomic E-state index is 14.0. The van der Waals surface area contributed by atoms with E-state index in [0.29, 0.717) is 18.4 Å². The fourth-order valence-electron chi connectivity index (χ4n) is 5.24. The van der Waals surface area contributed by atoms with E-state index >= 15 is 0 Å². The van der Waals surface area contributed by atoms with Crippen molar-refractivity contribution in [1.82, 2.24) is 19.8 Å². The lowest BCUT2D eigenvalue weighted by Gasteiger charge is -2.47. The third-order valence-electron chi connectivity index (χ3n) is 7.14. The molecule has 13 heteroatoms. The molecule has 0 aliphatic carbocycles. The van der Waals surface area contributed by atoms with Gasteiger partial charge in [0.05, 0.1) is 12.2 Å². The number of carbonyl (C=O) groups excluding carboxylic acids is 4. The SMILES string of the molecule is CCCS(=O)(=O)N1C[C@@H]2CC=CC[C@H](NC(=O)c3ccccc3)C(=O)N2[C@H](C(=O)NC2CC(=O)OC2OCC)C1. The van der Waals surface area contributed by atoms with Gasteiger partial charge in [0.15, 0.2) is 0 Å². The van der Waals surface area contributed by atoms with E-state index in [2.05, 4.69) is 10.6 Å². The Morgan fingerprint density at radius 2 is 1.77 bits per heavy atom. The average molecular weight is 577 g/mol. The van der Waals surface area contributed by atoms with Gasteiger partial charge >= 0.3 is 5.97 Å². The number of piperazine rings is 1. The highest BCUT2D eigenvalue weighted by Crippen LogP contribution is 2.26. The molecule has 12 nitrogen and oxygen atoms in total. The summed E-state index contributed by atoms with van der Waals surface area (Å²) < 4.78 is 38.0. The van der Waals surface area contributed by atoms with Gasteiger partial charge in [-0.25, -0.2) is 8.42 Å². The largest absolute Gasteiger partial charge is 0.433 e. The van der Waals surface area contributed by atoms with Crippen LogP contribution in [0.5, 0.6) is 0 Å². The van der Waals surface area contributed by atoms with E-state index in [1.54, 1.807) is 50.3 Å². The Morgan fingerprint density at radius 3 is 2.48 bits per heavy atom. The molecule has 1 aromatic carbocycles. The number of ether oxygens (including phenoxy) is 2. The number of hydrogen-bond acceptors (Lipinski definition) is 8. The minimum absolute atomic E-state index is 0.0220. The number of nitrogens with one attached hydrogen (secondary N) is 2. The van der Waals surface area contributed by atoms with Crippen LogP contribution >= 0.6 is 0 Å². The van der Waals surface area contributed by atoms with Crippen LogP contribution in [0.4, 0.5) is 0 Å². The van der Waals surface area contributed by atoms with Crippen molar-refractivity contribution in [3.05, 3.63) is 48.0 Å². The van der Waals surface area contributed by atoms with Crippen LogP contribution in [0.3, 0.4) is 0 Å². The molecular formula is C27H36N4O8S. The Bertz CT molecular complexity index is 1240.